The molecule has 1 aromatic heterocycles. The SMILES string of the molecule is CN(C)CCSc1nccnc1C#N. The van der Waals surface area contributed by atoms with E-state index in [1.807, 2.05) is 20.2 Å². The van der Waals surface area contributed by atoms with Crippen LogP contribution in [-0.4, -0.2) is 41.3 Å². The van der Waals surface area contributed by atoms with Gasteiger partial charge in [-0.05, 0) is 14.1 Å². The molecule has 1 rings (SSSR count). The summed E-state index contributed by atoms with van der Waals surface area (Å²) >= 11 is 1.56. The summed E-state index contributed by atoms with van der Waals surface area (Å²) in [6.45, 7) is 0.964. The molecule has 5 heteroatoms. The summed E-state index contributed by atoms with van der Waals surface area (Å²) in [5, 5.41) is 9.47. The Balaban J connectivity index is 2.54. The molecule has 0 aromatic carbocycles. The van der Waals surface area contributed by atoms with Crippen LogP contribution in [0, 0.1) is 11.3 Å². The fraction of sp³-hybridized carbons (Fsp3) is 0.444. The molecule has 1 aromatic rings. The predicted molar refractivity (Wildman–Crippen MR) is 56.0 cm³/mol. The lowest BCUT2D eigenvalue weighted by Gasteiger charge is -2.08. The lowest BCUT2D eigenvalue weighted by Crippen LogP contribution is -2.14. The van der Waals surface area contributed by atoms with Crippen molar-refractivity contribution >= 4 is 11.8 Å². The largest absolute Gasteiger partial charge is 0.309 e. The third kappa shape index (κ3) is 3.32. The van der Waals surface area contributed by atoms with Crippen LogP contribution in [0.3, 0.4) is 0 Å². The summed E-state index contributed by atoms with van der Waals surface area (Å²) in [6, 6.07) is 2.03. The molecule has 0 aliphatic rings. The van der Waals surface area contributed by atoms with E-state index in [9.17, 15) is 0 Å². The van der Waals surface area contributed by atoms with Crippen LogP contribution in [0.1, 0.15) is 5.69 Å². The molecule has 1 heterocycles. The van der Waals surface area contributed by atoms with Gasteiger partial charge in [-0.3, -0.25) is 0 Å². The van der Waals surface area contributed by atoms with Gasteiger partial charge in [0.1, 0.15) is 11.1 Å². The number of rotatable bonds is 4. The second kappa shape index (κ2) is 5.58. The number of nitrogens with zero attached hydrogens (tertiary/aromatic N) is 4. The third-order valence-corrected chi connectivity index (χ3v) is 2.51. The predicted octanol–water partition coefficient (Wildman–Crippen LogP) is 1.00. The number of nitriles is 1. The van der Waals surface area contributed by atoms with Crippen molar-refractivity contribution in [2.24, 2.45) is 0 Å². The normalized spacial score (nSPS) is 10.1. The first kappa shape index (κ1) is 11.0. The van der Waals surface area contributed by atoms with Crippen LogP contribution in [0.25, 0.3) is 0 Å². The molecule has 4 nitrogen and oxygen atoms in total. The van der Waals surface area contributed by atoms with Crippen LogP contribution in [0.15, 0.2) is 17.4 Å². The Hall–Kier alpha value is -1.12. The summed E-state index contributed by atoms with van der Waals surface area (Å²) in [5.41, 5.74) is 0.413. The highest BCUT2D eigenvalue weighted by molar-refractivity contribution is 7.99. The fourth-order valence-corrected chi connectivity index (χ4v) is 1.85. The maximum atomic E-state index is 8.75. The molecular formula is C9H12N4S. The fourth-order valence-electron chi connectivity index (χ4n) is 0.832. The van der Waals surface area contributed by atoms with Crippen molar-refractivity contribution in [3.05, 3.63) is 18.1 Å². The molecule has 0 amide bonds. The number of aromatic nitrogens is 2. The molecule has 0 radical (unpaired) electrons. The van der Waals surface area contributed by atoms with Gasteiger partial charge in [-0.1, -0.05) is 0 Å². The van der Waals surface area contributed by atoms with Crippen molar-refractivity contribution in [2.75, 3.05) is 26.4 Å². The maximum absolute atomic E-state index is 8.75. The molecule has 0 bridgehead atoms. The van der Waals surface area contributed by atoms with Crippen molar-refractivity contribution in [3.63, 3.8) is 0 Å². The molecule has 0 atom stereocenters. The Kier molecular flexibility index (Phi) is 4.36. The summed E-state index contributed by atoms with van der Waals surface area (Å²) in [4.78, 5) is 10.1. The average molecular weight is 208 g/mol. The number of thioether (sulfide) groups is 1. The third-order valence-electron chi connectivity index (χ3n) is 1.55. The van der Waals surface area contributed by atoms with Gasteiger partial charge in [0.2, 0.25) is 0 Å². The maximum Gasteiger partial charge on any atom is 0.172 e. The summed E-state index contributed by atoms with van der Waals surface area (Å²) in [5.74, 6) is 0.917. The standard InChI is InChI=1S/C9H12N4S/c1-13(2)5-6-14-9-8(7-10)11-3-4-12-9/h3-4H,5-6H2,1-2H3. The van der Waals surface area contributed by atoms with Gasteiger partial charge in [-0.2, -0.15) is 5.26 Å². The van der Waals surface area contributed by atoms with Crippen molar-refractivity contribution in [1.29, 1.82) is 5.26 Å². The van der Waals surface area contributed by atoms with Crippen molar-refractivity contribution < 1.29 is 0 Å². The molecule has 0 saturated heterocycles. The van der Waals surface area contributed by atoms with Crippen LogP contribution in [0.4, 0.5) is 0 Å². The van der Waals surface area contributed by atoms with E-state index in [1.54, 1.807) is 18.0 Å². The minimum atomic E-state index is 0.413. The van der Waals surface area contributed by atoms with E-state index < -0.39 is 0 Å². The molecule has 14 heavy (non-hydrogen) atoms. The second-order valence-electron chi connectivity index (χ2n) is 2.97. The van der Waals surface area contributed by atoms with Crippen molar-refractivity contribution in [3.8, 4) is 6.07 Å². The number of hydrogen-bond acceptors (Lipinski definition) is 5. The Morgan fingerprint density at radius 3 is 2.79 bits per heavy atom. The van der Waals surface area contributed by atoms with E-state index in [-0.39, 0.29) is 0 Å². The van der Waals surface area contributed by atoms with E-state index >= 15 is 0 Å². The zero-order valence-electron chi connectivity index (χ0n) is 8.27. The smallest absolute Gasteiger partial charge is 0.172 e. The summed E-state index contributed by atoms with van der Waals surface area (Å²) < 4.78 is 0. The molecule has 74 valence electrons. The molecule has 0 spiro atoms. The Morgan fingerprint density at radius 1 is 1.43 bits per heavy atom. The monoisotopic (exact) mass is 208 g/mol. The molecule has 0 unspecified atom stereocenters. The molecule has 0 aliphatic carbocycles. The zero-order valence-corrected chi connectivity index (χ0v) is 9.08. The van der Waals surface area contributed by atoms with E-state index in [1.165, 1.54) is 6.20 Å². The van der Waals surface area contributed by atoms with Gasteiger partial charge < -0.3 is 4.90 Å². The van der Waals surface area contributed by atoms with Crippen LogP contribution in [-0.2, 0) is 0 Å². The van der Waals surface area contributed by atoms with Gasteiger partial charge in [0.15, 0.2) is 5.69 Å². The average Bonchev–Trinajstić information content (AvgIpc) is 2.18. The molecule has 0 saturated carbocycles. The first-order valence-electron chi connectivity index (χ1n) is 4.22. The van der Waals surface area contributed by atoms with Crippen molar-refractivity contribution in [1.82, 2.24) is 14.9 Å². The lowest BCUT2D eigenvalue weighted by atomic mass is 10.5. The van der Waals surface area contributed by atoms with Gasteiger partial charge in [0.05, 0.1) is 0 Å². The first-order chi connectivity index (χ1) is 6.74. The van der Waals surface area contributed by atoms with E-state index in [4.69, 9.17) is 5.26 Å². The van der Waals surface area contributed by atoms with Crippen LogP contribution in [0.2, 0.25) is 0 Å². The van der Waals surface area contributed by atoms with Crippen molar-refractivity contribution in [2.45, 2.75) is 5.03 Å². The van der Waals surface area contributed by atoms with Gasteiger partial charge in [0, 0.05) is 24.7 Å². The van der Waals surface area contributed by atoms with Gasteiger partial charge in [-0.15, -0.1) is 11.8 Å². The molecule has 0 N–H and O–H groups in total. The Bertz CT molecular complexity index is 332. The van der Waals surface area contributed by atoms with E-state index in [2.05, 4.69) is 14.9 Å². The van der Waals surface area contributed by atoms with Crippen LogP contribution in [0.5, 0.6) is 0 Å². The summed E-state index contributed by atoms with van der Waals surface area (Å²) in [6.07, 6.45) is 3.15. The molecular weight excluding hydrogens is 196 g/mol. The summed E-state index contributed by atoms with van der Waals surface area (Å²) in [7, 11) is 4.03. The molecule has 0 fully saturated rings. The lowest BCUT2D eigenvalue weighted by molar-refractivity contribution is 0.437. The van der Waals surface area contributed by atoms with Crippen LogP contribution >= 0.6 is 11.8 Å². The Labute approximate surface area is 88.0 Å². The number of hydrogen-bond donors (Lipinski definition) is 0. The van der Waals surface area contributed by atoms with Gasteiger partial charge in [-0.25, -0.2) is 9.97 Å². The second-order valence-corrected chi connectivity index (χ2v) is 4.06. The van der Waals surface area contributed by atoms with E-state index in [0.717, 1.165) is 17.3 Å². The quantitative estimate of drug-likeness (QED) is 0.691. The Morgan fingerprint density at radius 2 is 2.14 bits per heavy atom. The topological polar surface area (TPSA) is 52.8 Å². The highest BCUT2D eigenvalue weighted by Crippen LogP contribution is 2.16. The van der Waals surface area contributed by atoms with Crippen LogP contribution < -0.4 is 0 Å². The molecule has 0 aliphatic heterocycles. The zero-order chi connectivity index (χ0) is 10.4. The van der Waals surface area contributed by atoms with Gasteiger partial charge in [0.25, 0.3) is 0 Å². The van der Waals surface area contributed by atoms with Gasteiger partial charge >= 0.3 is 0 Å². The highest BCUT2D eigenvalue weighted by atomic mass is 32.2. The highest BCUT2D eigenvalue weighted by Gasteiger charge is 2.04. The van der Waals surface area contributed by atoms with E-state index in [0.29, 0.717) is 5.69 Å². The minimum absolute atomic E-state index is 0.413. The first-order valence-corrected chi connectivity index (χ1v) is 5.21. The minimum Gasteiger partial charge on any atom is -0.309 e.